The quantitative estimate of drug-likeness (QED) is 0.285. The van der Waals surface area contributed by atoms with Crippen molar-refractivity contribution in [1.82, 2.24) is 40.6 Å². The lowest BCUT2D eigenvalue weighted by atomic mass is 9.68. The first-order chi connectivity index (χ1) is 22.0. The Bertz CT molecular complexity index is 1560. The fraction of sp³-hybridized carbons (Fsp3) is 0.486. The van der Waals surface area contributed by atoms with Crippen LogP contribution in [-0.4, -0.2) is 101 Å². The van der Waals surface area contributed by atoms with E-state index < -0.39 is 5.41 Å². The van der Waals surface area contributed by atoms with Crippen molar-refractivity contribution in [3.8, 4) is 6.07 Å². The standard InChI is InChI=1S/C35H47N9O2/c1-9-10-30-26(14-16-32(45)42(5)6)11-12-27-20-28(33(46)43(7)8)13-15-31(27)35(30,34-38-40-41-39-34)17-18-37-22-24(3)44-25(4)23(2)19-29(44)21-36/h9-10,13-16,20,23,25,29,37H,3,11-12,17-19,22H2,1-2,4-8H3,(H,38,39,40,41)/b10-9-,16-14+/t23-,25?,29?,35?/m0/s1. The number of likely N-dealkylation sites (tertiary alicyclic amines) is 1. The molecule has 1 aromatic heterocycles. The number of nitrogens with one attached hydrogen (secondary N) is 2. The van der Waals surface area contributed by atoms with E-state index in [0.29, 0.717) is 49.7 Å². The van der Waals surface area contributed by atoms with Crippen molar-refractivity contribution >= 4 is 11.8 Å². The molecule has 3 unspecified atom stereocenters. The summed E-state index contributed by atoms with van der Waals surface area (Å²) in [5.41, 5.74) is 4.60. The molecule has 2 aromatic rings. The number of aryl methyl sites for hydroxylation is 1. The molecule has 0 radical (unpaired) electrons. The number of nitriles is 1. The number of hydrogen-bond donors (Lipinski definition) is 2. The number of benzene rings is 1. The fourth-order valence-electron chi connectivity index (χ4n) is 6.75. The number of tetrazole rings is 1. The van der Waals surface area contributed by atoms with Gasteiger partial charge in [0.25, 0.3) is 5.91 Å². The molecule has 4 atom stereocenters. The van der Waals surface area contributed by atoms with E-state index in [2.05, 4.69) is 63.4 Å². The van der Waals surface area contributed by atoms with Crippen molar-refractivity contribution in [2.75, 3.05) is 41.3 Å². The van der Waals surface area contributed by atoms with Crippen LogP contribution in [0, 0.1) is 17.2 Å². The van der Waals surface area contributed by atoms with Crippen LogP contribution in [0.2, 0.25) is 0 Å². The van der Waals surface area contributed by atoms with Gasteiger partial charge in [-0.15, -0.1) is 10.2 Å². The minimum Gasteiger partial charge on any atom is -0.355 e. The van der Waals surface area contributed by atoms with E-state index >= 15 is 0 Å². The number of hydrogen-bond acceptors (Lipinski definition) is 8. The normalized spacial score (nSPS) is 23.0. The van der Waals surface area contributed by atoms with Gasteiger partial charge in [-0.1, -0.05) is 43.0 Å². The van der Waals surface area contributed by atoms with E-state index in [-0.39, 0.29) is 23.9 Å². The topological polar surface area (TPSA) is 134 Å². The summed E-state index contributed by atoms with van der Waals surface area (Å²) < 4.78 is 0. The van der Waals surface area contributed by atoms with Gasteiger partial charge in [0.1, 0.15) is 6.04 Å². The maximum Gasteiger partial charge on any atom is 0.253 e. The maximum absolute atomic E-state index is 13.0. The fourth-order valence-corrected chi connectivity index (χ4v) is 6.75. The van der Waals surface area contributed by atoms with Crippen LogP contribution in [0.15, 0.2) is 65.9 Å². The lowest BCUT2D eigenvalue weighted by molar-refractivity contribution is -0.123. The number of carbonyl (C=O) groups excluding carboxylic acids is 2. The molecule has 0 bridgehead atoms. The van der Waals surface area contributed by atoms with Crippen molar-refractivity contribution < 1.29 is 9.59 Å². The van der Waals surface area contributed by atoms with E-state index in [1.54, 1.807) is 44.1 Å². The Balaban J connectivity index is 1.80. The van der Waals surface area contributed by atoms with Crippen LogP contribution in [0.5, 0.6) is 0 Å². The molecule has 46 heavy (non-hydrogen) atoms. The summed E-state index contributed by atoms with van der Waals surface area (Å²) in [5, 5.41) is 29.1. The van der Waals surface area contributed by atoms with Gasteiger partial charge in [-0.2, -0.15) is 10.5 Å². The Kier molecular flexibility index (Phi) is 11.0. The molecule has 0 saturated carbocycles. The molecule has 11 nitrogen and oxygen atoms in total. The number of allylic oxidation sites excluding steroid dienone is 5. The molecule has 1 fully saturated rings. The van der Waals surface area contributed by atoms with Gasteiger partial charge in [0.15, 0.2) is 5.82 Å². The average molecular weight is 626 g/mol. The minimum atomic E-state index is -0.856. The van der Waals surface area contributed by atoms with Gasteiger partial charge in [-0.05, 0) is 86.4 Å². The average Bonchev–Trinajstić information content (AvgIpc) is 3.65. The number of rotatable bonds is 11. The molecule has 2 amide bonds. The number of aromatic amines is 1. The third-order valence-corrected chi connectivity index (χ3v) is 9.33. The zero-order valence-electron chi connectivity index (χ0n) is 28.2. The summed E-state index contributed by atoms with van der Waals surface area (Å²) in [4.78, 5) is 31.0. The van der Waals surface area contributed by atoms with Crippen molar-refractivity contribution in [3.63, 3.8) is 0 Å². The van der Waals surface area contributed by atoms with Gasteiger partial charge in [0, 0.05) is 58.1 Å². The SMILES string of the molecule is C=C(CNCCC1(c2nn[nH]n2)C(/C=C\C)=C(/C=C/C(=O)N(C)C)CCc2cc(C(=O)N(C)C)ccc21)N1C(C#N)C[C@H](C)C1C. The van der Waals surface area contributed by atoms with Crippen molar-refractivity contribution in [2.45, 2.75) is 64.0 Å². The number of amides is 2. The molecule has 1 aromatic carbocycles. The van der Waals surface area contributed by atoms with Crippen LogP contribution in [0.1, 0.15) is 67.3 Å². The monoisotopic (exact) mass is 625 g/mol. The molecular weight excluding hydrogens is 578 g/mol. The first kappa shape index (κ1) is 34.3. The summed E-state index contributed by atoms with van der Waals surface area (Å²) in [5.74, 6) is 0.734. The van der Waals surface area contributed by atoms with E-state index in [1.165, 1.54) is 0 Å². The second-order valence-corrected chi connectivity index (χ2v) is 12.7. The molecule has 11 heteroatoms. The number of likely N-dealkylation sites (N-methyl/N-ethyl adjacent to an activating group) is 1. The Morgan fingerprint density at radius 3 is 2.59 bits per heavy atom. The molecule has 1 saturated heterocycles. The zero-order valence-corrected chi connectivity index (χ0v) is 28.2. The Hall–Kier alpha value is -4.56. The van der Waals surface area contributed by atoms with E-state index in [4.69, 9.17) is 0 Å². The molecule has 1 aliphatic carbocycles. The van der Waals surface area contributed by atoms with Crippen LogP contribution < -0.4 is 5.32 Å². The summed E-state index contributed by atoms with van der Waals surface area (Å²) in [6.07, 6.45) is 10.3. The highest BCUT2D eigenvalue weighted by Crippen LogP contribution is 2.47. The van der Waals surface area contributed by atoms with Gasteiger partial charge in [0.05, 0.1) is 11.5 Å². The number of fused-ring (bicyclic) bond motifs is 1. The predicted molar refractivity (Wildman–Crippen MR) is 179 cm³/mol. The Labute approximate surface area is 272 Å². The first-order valence-electron chi connectivity index (χ1n) is 15.9. The summed E-state index contributed by atoms with van der Waals surface area (Å²) in [6.45, 7) is 11.7. The largest absolute Gasteiger partial charge is 0.355 e. The number of aromatic nitrogens is 4. The first-order valence-corrected chi connectivity index (χ1v) is 15.9. The van der Waals surface area contributed by atoms with Crippen LogP contribution >= 0.6 is 0 Å². The van der Waals surface area contributed by atoms with Gasteiger partial charge in [0.2, 0.25) is 5.91 Å². The van der Waals surface area contributed by atoms with Crippen LogP contribution in [-0.2, 0) is 16.6 Å². The third kappa shape index (κ3) is 6.82. The van der Waals surface area contributed by atoms with E-state index in [9.17, 15) is 14.9 Å². The molecule has 244 valence electrons. The second kappa shape index (κ2) is 14.7. The Morgan fingerprint density at radius 1 is 1.20 bits per heavy atom. The molecule has 2 heterocycles. The highest BCUT2D eigenvalue weighted by molar-refractivity contribution is 5.94. The lowest BCUT2D eigenvalue weighted by Gasteiger charge is -2.35. The molecule has 2 N–H and O–H groups in total. The minimum absolute atomic E-state index is 0.0724. The van der Waals surface area contributed by atoms with Gasteiger partial charge < -0.3 is 20.0 Å². The van der Waals surface area contributed by atoms with Crippen molar-refractivity contribution in [1.29, 1.82) is 5.26 Å². The zero-order chi connectivity index (χ0) is 33.6. The van der Waals surface area contributed by atoms with Crippen LogP contribution in [0.3, 0.4) is 0 Å². The molecule has 4 rings (SSSR count). The van der Waals surface area contributed by atoms with Crippen molar-refractivity contribution in [3.05, 3.63) is 88.4 Å². The number of carbonyl (C=O) groups is 2. The van der Waals surface area contributed by atoms with Gasteiger partial charge in [-0.3, -0.25) is 9.59 Å². The second-order valence-electron chi connectivity index (χ2n) is 12.7. The predicted octanol–water partition coefficient (Wildman–Crippen LogP) is 3.77. The molecule has 2 aliphatic rings. The highest BCUT2D eigenvalue weighted by atomic mass is 16.2. The number of nitrogens with zero attached hydrogens (tertiary/aromatic N) is 7. The lowest BCUT2D eigenvalue weighted by Crippen LogP contribution is -2.40. The van der Waals surface area contributed by atoms with Crippen molar-refractivity contribution in [2.24, 2.45) is 5.92 Å². The summed E-state index contributed by atoms with van der Waals surface area (Å²) in [7, 11) is 6.95. The molecular formula is C35H47N9O2. The van der Waals surface area contributed by atoms with Crippen LogP contribution in [0.4, 0.5) is 0 Å². The van der Waals surface area contributed by atoms with E-state index in [0.717, 1.165) is 34.4 Å². The number of H-pyrrole nitrogens is 1. The van der Waals surface area contributed by atoms with Crippen LogP contribution in [0.25, 0.3) is 0 Å². The Morgan fingerprint density at radius 2 is 1.96 bits per heavy atom. The smallest absolute Gasteiger partial charge is 0.253 e. The maximum atomic E-state index is 13.0. The molecule has 1 aliphatic heterocycles. The summed E-state index contributed by atoms with van der Waals surface area (Å²) >= 11 is 0. The van der Waals surface area contributed by atoms with Gasteiger partial charge >= 0.3 is 0 Å². The van der Waals surface area contributed by atoms with Gasteiger partial charge in [-0.25, -0.2) is 0 Å². The third-order valence-electron chi connectivity index (χ3n) is 9.33. The molecule has 0 spiro atoms. The summed E-state index contributed by atoms with van der Waals surface area (Å²) in [6, 6.07) is 8.37. The highest BCUT2D eigenvalue weighted by Gasteiger charge is 2.45. The van der Waals surface area contributed by atoms with E-state index in [1.807, 2.05) is 37.3 Å².